The molecule has 0 saturated carbocycles. The van der Waals surface area contributed by atoms with E-state index in [1.54, 1.807) is 6.07 Å². The number of carboxylic acids is 1. The number of carboxylic acid groups (broad SMARTS) is 1. The van der Waals surface area contributed by atoms with Crippen molar-refractivity contribution in [2.24, 2.45) is 0 Å². The molecule has 0 fully saturated rings. The molecule has 0 bridgehead atoms. The summed E-state index contributed by atoms with van der Waals surface area (Å²) in [5.74, 6) is -0.940. The van der Waals surface area contributed by atoms with E-state index in [0.29, 0.717) is 10.7 Å². The maximum Gasteiger partial charge on any atom is 0.337 e. The second kappa shape index (κ2) is 6.46. The maximum atomic E-state index is 11.6. The summed E-state index contributed by atoms with van der Waals surface area (Å²) < 4.78 is 2.92. The molecule has 0 amide bonds. The van der Waals surface area contributed by atoms with E-state index >= 15 is 0 Å². The number of aromatic nitrogens is 1. The molecule has 1 aromatic heterocycles. The molecule has 0 aliphatic rings. The molecule has 0 spiro atoms. The Bertz CT molecular complexity index is 929. The highest BCUT2D eigenvalue weighted by atomic mass is 79.9. The fourth-order valence-corrected chi connectivity index (χ4v) is 3.24. The van der Waals surface area contributed by atoms with Crippen LogP contribution in [0.3, 0.4) is 0 Å². The lowest BCUT2D eigenvalue weighted by atomic mass is 10.1. The van der Waals surface area contributed by atoms with Gasteiger partial charge >= 0.3 is 5.97 Å². The lowest BCUT2D eigenvalue weighted by Crippen LogP contribution is -2.04. The summed E-state index contributed by atoms with van der Waals surface area (Å²) in [7, 11) is 0. The van der Waals surface area contributed by atoms with E-state index in [4.69, 9.17) is 11.6 Å². The van der Waals surface area contributed by atoms with Gasteiger partial charge in [-0.3, -0.25) is 0 Å². The van der Waals surface area contributed by atoms with Crippen molar-refractivity contribution in [3.05, 3.63) is 74.8 Å². The first kappa shape index (κ1) is 16.8. The Labute approximate surface area is 153 Å². The topological polar surface area (TPSA) is 42.2 Å². The molecule has 122 valence electrons. The molecule has 1 heterocycles. The molecule has 0 aliphatic heterocycles. The largest absolute Gasteiger partial charge is 0.478 e. The normalized spacial score (nSPS) is 10.8. The van der Waals surface area contributed by atoms with E-state index in [2.05, 4.69) is 15.9 Å². The molecule has 0 saturated heterocycles. The van der Waals surface area contributed by atoms with Gasteiger partial charge in [0.2, 0.25) is 0 Å². The molecule has 0 aliphatic carbocycles. The van der Waals surface area contributed by atoms with Gasteiger partial charge in [0, 0.05) is 15.2 Å². The lowest BCUT2D eigenvalue weighted by molar-refractivity contribution is 0.0696. The van der Waals surface area contributed by atoms with Gasteiger partial charge in [0.1, 0.15) is 0 Å². The number of hydrogen-bond donors (Lipinski definition) is 1. The number of aromatic carboxylic acids is 1. The monoisotopic (exact) mass is 403 g/mol. The zero-order valence-corrected chi connectivity index (χ0v) is 15.5. The average molecular weight is 405 g/mol. The van der Waals surface area contributed by atoms with Crippen molar-refractivity contribution in [2.45, 2.75) is 13.8 Å². The molecule has 0 radical (unpaired) electrons. The molecular formula is C19H15BrClNO2. The van der Waals surface area contributed by atoms with E-state index in [-0.39, 0.29) is 5.56 Å². The van der Waals surface area contributed by atoms with Crippen molar-refractivity contribution < 1.29 is 9.90 Å². The van der Waals surface area contributed by atoms with E-state index < -0.39 is 5.97 Å². The molecule has 0 atom stereocenters. The summed E-state index contributed by atoms with van der Waals surface area (Å²) in [6, 6.07) is 15.2. The Balaban J connectivity index is 2.33. The number of nitrogens with zero attached hydrogens (tertiary/aromatic N) is 1. The van der Waals surface area contributed by atoms with Gasteiger partial charge in [0.25, 0.3) is 0 Å². The van der Waals surface area contributed by atoms with Crippen molar-refractivity contribution in [1.82, 2.24) is 4.57 Å². The van der Waals surface area contributed by atoms with E-state index in [9.17, 15) is 9.90 Å². The molecule has 3 aromatic rings. The summed E-state index contributed by atoms with van der Waals surface area (Å²) in [5, 5.41) is 10.2. The summed E-state index contributed by atoms with van der Waals surface area (Å²) in [4.78, 5) is 11.6. The van der Waals surface area contributed by atoms with Crippen molar-refractivity contribution in [3.8, 4) is 16.9 Å². The number of rotatable bonds is 3. The van der Waals surface area contributed by atoms with Crippen LogP contribution in [0.1, 0.15) is 21.6 Å². The van der Waals surface area contributed by atoms with Crippen LogP contribution >= 0.6 is 27.5 Å². The Kier molecular flexibility index (Phi) is 4.52. The van der Waals surface area contributed by atoms with Crippen molar-refractivity contribution in [1.29, 1.82) is 0 Å². The van der Waals surface area contributed by atoms with Crippen LogP contribution in [0.2, 0.25) is 5.02 Å². The van der Waals surface area contributed by atoms with Crippen molar-refractivity contribution in [3.63, 3.8) is 0 Å². The van der Waals surface area contributed by atoms with Crippen LogP contribution in [0.25, 0.3) is 16.9 Å². The van der Waals surface area contributed by atoms with Gasteiger partial charge in [-0.15, -0.1) is 0 Å². The van der Waals surface area contributed by atoms with Gasteiger partial charge in [-0.05, 0) is 55.3 Å². The highest BCUT2D eigenvalue weighted by molar-refractivity contribution is 9.10. The fourth-order valence-electron chi connectivity index (χ4n) is 2.81. The summed E-state index contributed by atoms with van der Waals surface area (Å²) in [6.45, 7) is 3.75. The third-order valence-corrected chi connectivity index (χ3v) is 5.04. The minimum atomic E-state index is -0.940. The van der Waals surface area contributed by atoms with Crippen LogP contribution in [-0.4, -0.2) is 15.6 Å². The lowest BCUT2D eigenvalue weighted by Gasteiger charge is -2.15. The van der Waals surface area contributed by atoms with E-state index in [1.165, 1.54) is 0 Å². The summed E-state index contributed by atoms with van der Waals surface area (Å²) in [5.41, 5.74) is 4.51. The third-order valence-electron chi connectivity index (χ3n) is 4.10. The first-order valence-electron chi connectivity index (χ1n) is 7.37. The first-order valence-corrected chi connectivity index (χ1v) is 8.54. The van der Waals surface area contributed by atoms with E-state index in [1.807, 2.05) is 60.9 Å². The van der Waals surface area contributed by atoms with Gasteiger partial charge in [-0.1, -0.05) is 45.7 Å². The SMILES string of the molecule is Cc1c(Cl)cccc1-n1c(-c2ccc(Br)cc2)cc(C(=O)O)c1C. The second-order valence-corrected chi connectivity index (χ2v) is 6.88. The maximum absolute atomic E-state index is 11.6. The van der Waals surface area contributed by atoms with Gasteiger partial charge < -0.3 is 9.67 Å². The number of carbonyl (C=O) groups is 1. The van der Waals surface area contributed by atoms with Crippen LogP contribution in [0.4, 0.5) is 0 Å². The Morgan fingerprint density at radius 3 is 2.42 bits per heavy atom. The van der Waals surface area contributed by atoms with Crippen LogP contribution in [0.5, 0.6) is 0 Å². The highest BCUT2D eigenvalue weighted by Gasteiger charge is 2.20. The van der Waals surface area contributed by atoms with Crippen LogP contribution in [-0.2, 0) is 0 Å². The first-order chi connectivity index (χ1) is 11.4. The van der Waals surface area contributed by atoms with Gasteiger partial charge in [0.05, 0.1) is 16.9 Å². The Morgan fingerprint density at radius 2 is 1.79 bits per heavy atom. The molecular weight excluding hydrogens is 390 g/mol. The van der Waals surface area contributed by atoms with Gasteiger partial charge in [-0.25, -0.2) is 4.79 Å². The summed E-state index contributed by atoms with van der Waals surface area (Å²) >= 11 is 9.70. The predicted octanol–water partition coefficient (Wildman–Crippen LogP) is 5.88. The average Bonchev–Trinajstić information content (AvgIpc) is 2.88. The van der Waals surface area contributed by atoms with Gasteiger partial charge in [0.15, 0.2) is 0 Å². The predicted molar refractivity (Wildman–Crippen MR) is 100 cm³/mol. The smallest absolute Gasteiger partial charge is 0.337 e. The third kappa shape index (κ3) is 2.87. The van der Waals surface area contributed by atoms with E-state index in [0.717, 1.165) is 27.0 Å². The summed E-state index contributed by atoms with van der Waals surface area (Å²) in [6.07, 6.45) is 0. The zero-order valence-electron chi connectivity index (χ0n) is 13.2. The fraction of sp³-hybridized carbons (Fsp3) is 0.105. The number of benzene rings is 2. The van der Waals surface area contributed by atoms with Gasteiger partial charge in [-0.2, -0.15) is 0 Å². The minimum absolute atomic E-state index is 0.285. The molecule has 1 N–H and O–H groups in total. The minimum Gasteiger partial charge on any atom is -0.478 e. The van der Waals surface area contributed by atoms with Crippen LogP contribution in [0.15, 0.2) is 53.0 Å². The quantitative estimate of drug-likeness (QED) is 0.592. The Morgan fingerprint density at radius 1 is 1.12 bits per heavy atom. The molecule has 24 heavy (non-hydrogen) atoms. The molecule has 5 heteroatoms. The second-order valence-electron chi connectivity index (χ2n) is 5.56. The van der Waals surface area contributed by atoms with Crippen molar-refractivity contribution in [2.75, 3.05) is 0 Å². The standard InChI is InChI=1S/C19H15BrClNO2/c1-11-16(21)4-3-5-17(11)22-12(2)15(19(23)24)10-18(22)13-6-8-14(20)9-7-13/h3-10H,1-2H3,(H,23,24). The number of halogens is 2. The zero-order chi connectivity index (χ0) is 17.4. The Hall–Kier alpha value is -2.04. The molecule has 0 unspecified atom stereocenters. The van der Waals surface area contributed by atoms with Crippen LogP contribution in [0, 0.1) is 13.8 Å². The van der Waals surface area contributed by atoms with Crippen molar-refractivity contribution >= 4 is 33.5 Å². The molecule has 3 rings (SSSR count). The number of hydrogen-bond acceptors (Lipinski definition) is 1. The molecule has 2 aromatic carbocycles. The van der Waals surface area contributed by atoms with Crippen LogP contribution < -0.4 is 0 Å². The molecule has 3 nitrogen and oxygen atoms in total. The highest BCUT2D eigenvalue weighted by Crippen LogP contribution is 2.33.